The van der Waals surface area contributed by atoms with Gasteiger partial charge in [0.2, 0.25) is 0 Å². The van der Waals surface area contributed by atoms with Crippen LogP contribution in [0.2, 0.25) is 0 Å². The summed E-state index contributed by atoms with van der Waals surface area (Å²) >= 11 is 0. The number of nitrogens with zero attached hydrogens (tertiary/aromatic N) is 1. The third kappa shape index (κ3) is 48.4. The van der Waals surface area contributed by atoms with Gasteiger partial charge in [-0.05, 0) is 12.8 Å². The van der Waals surface area contributed by atoms with E-state index in [1.165, 1.54) is 205 Å². The zero-order valence-corrected chi connectivity index (χ0v) is 41.2. The van der Waals surface area contributed by atoms with Crippen molar-refractivity contribution < 1.29 is 37.3 Å². The van der Waals surface area contributed by atoms with Crippen LogP contribution in [0.3, 0.4) is 0 Å². The maximum atomic E-state index is 12.8. The number of quaternary nitrogens is 1. The molecule has 0 aromatic heterocycles. The second-order valence-electron chi connectivity index (χ2n) is 18.9. The van der Waals surface area contributed by atoms with Crippen LogP contribution in [0, 0.1) is 0 Å². The number of carbonyl (C=O) groups excluding carboxylic acids is 1. The van der Waals surface area contributed by atoms with Crippen LogP contribution in [-0.4, -0.2) is 75.6 Å². The molecule has 0 heterocycles. The molecule has 0 bridgehead atoms. The van der Waals surface area contributed by atoms with Gasteiger partial charge in [-0.25, -0.2) is 4.57 Å². The standard InChI is InChI=1S/C50H102NO7P/c1-6-8-10-12-14-16-18-20-22-24-26-27-29-31-33-35-37-39-41-43-50(52)58-49(48-57-59(53,54)56-46-44-51(3,4)5)47-55-45-42-40-38-36-34-32-30-28-25-23-21-19-17-15-13-11-9-7-2/h49H,6-48H2,1-5H3/p+1. The molecule has 0 spiro atoms. The van der Waals surface area contributed by atoms with Crippen molar-refractivity contribution in [3.05, 3.63) is 0 Å². The molecule has 0 rings (SSSR count). The van der Waals surface area contributed by atoms with Crippen molar-refractivity contribution in [1.82, 2.24) is 0 Å². The number of phosphoric acid groups is 1. The highest BCUT2D eigenvalue weighted by Gasteiger charge is 2.26. The Morgan fingerprint density at radius 2 is 0.780 bits per heavy atom. The van der Waals surface area contributed by atoms with Gasteiger partial charge in [-0.15, -0.1) is 0 Å². The van der Waals surface area contributed by atoms with Gasteiger partial charge in [-0.1, -0.05) is 239 Å². The van der Waals surface area contributed by atoms with Gasteiger partial charge in [0.15, 0.2) is 0 Å². The Morgan fingerprint density at radius 3 is 1.12 bits per heavy atom. The first-order chi connectivity index (χ1) is 28.6. The average Bonchev–Trinajstić information content (AvgIpc) is 3.19. The summed E-state index contributed by atoms with van der Waals surface area (Å²) in [5.74, 6) is -0.305. The quantitative estimate of drug-likeness (QED) is 0.0282. The van der Waals surface area contributed by atoms with Crippen molar-refractivity contribution in [2.24, 2.45) is 0 Å². The minimum Gasteiger partial charge on any atom is -0.457 e. The molecule has 1 N–H and O–H groups in total. The van der Waals surface area contributed by atoms with E-state index in [1.54, 1.807) is 0 Å². The van der Waals surface area contributed by atoms with E-state index in [9.17, 15) is 14.3 Å². The fourth-order valence-corrected chi connectivity index (χ4v) is 8.42. The van der Waals surface area contributed by atoms with E-state index >= 15 is 0 Å². The van der Waals surface area contributed by atoms with Gasteiger partial charge in [0.25, 0.3) is 0 Å². The Labute approximate surface area is 368 Å². The summed E-state index contributed by atoms with van der Waals surface area (Å²) in [6.07, 6.45) is 48.6. The Hall–Kier alpha value is -0.500. The summed E-state index contributed by atoms with van der Waals surface area (Å²) in [7, 11) is 1.69. The molecule has 0 saturated heterocycles. The molecule has 0 aliphatic rings. The van der Waals surface area contributed by atoms with Crippen LogP contribution >= 0.6 is 7.82 Å². The Kier molecular flexibility index (Phi) is 43.7. The second-order valence-corrected chi connectivity index (χ2v) is 20.4. The van der Waals surface area contributed by atoms with Crippen molar-refractivity contribution in [3.63, 3.8) is 0 Å². The number of hydrogen-bond donors (Lipinski definition) is 1. The van der Waals surface area contributed by atoms with E-state index in [0.717, 1.165) is 32.1 Å². The zero-order chi connectivity index (χ0) is 43.4. The van der Waals surface area contributed by atoms with Crippen molar-refractivity contribution in [2.75, 3.05) is 54.1 Å². The third-order valence-corrected chi connectivity index (χ3v) is 12.7. The third-order valence-electron chi connectivity index (χ3n) is 11.7. The van der Waals surface area contributed by atoms with Crippen molar-refractivity contribution in [2.45, 2.75) is 264 Å². The fraction of sp³-hybridized carbons (Fsp3) is 0.980. The molecule has 0 aliphatic heterocycles. The molecule has 0 radical (unpaired) electrons. The Balaban J connectivity index is 4.09. The largest absolute Gasteiger partial charge is 0.472 e. The van der Waals surface area contributed by atoms with E-state index in [1.807, 2.05) is 21.1 Å². The summed E-state index contributed by atoms with van der Waals surface area (Å²) in [5.41, 5.74) is 0. The summed E-state index contributed by atoms with van der Waals surface area (Å²) in [4.78, 5) is 23.0. The summed E-state index contributed by atoms with van der Waals surface area (Å²) in [5, 5.41) is 0. The minimum atomic E-state index is -4.27. The monoisotopic (exact) mass is 861 g/mol. The molecule has 2 atom stereocenters. The van der Waals surface area contributed by atoms with Crippen LogP contribution in [0.25, 0.3) is 0 Å². The molecule has 9 heteroatoms. The first kappa shape index (κ1) is 58.5. The lowest BCUT2D eigenvalue weighted by Gasteiger charge is -2.24. The molecule has 354 valence electrons. The molecule has 0 aliphatic carbocycles. The maximum Gasteiger partial charge on any atom is 0.472 e. The highest BCUT2D eigenvalue weighted by Crippen LogP contribution is 2.43. The van der Waals surface area contributed by atoms with Gasteiger partial charge in [-0.2, -0.15) is 0 Å². The number of likely N-dealkylation sites (N-methyl/N-ethyl adjacent to an activating group) is 1. The van der Waals surface area contributed by atoms with Gasteiger partial charge < -0.3 is 18.9 Å². The lowest BCUT2D eigenvalue weighted by molar-refractivity contribution is -0.870. The lowest BCUT2D eigenvalue weighted by atomic mass is 10.0. The van der Waals surface area contributed by atoms with E-state index < -0.39 is 13.9 Å². The van der Waals surface area contributed by atoms with Crippen LogP contribution in [0.1, 0.15) is 258 Å². The van der Waals surface area contributed by atoms with E-state index in [0.29, 0.717) is 24.1 Å². The number of unbranched alkanes of at least 4 members (excludes halogenated alkanes) is 35. The molecule has 0 aromatic rings. The topological polar surface area (TPSA) is 91.3 Å². The van der Waals surface area contributed by atoms with E-state index in [4.69, 9.17) is 18.5 Å². The zero-order valence-electron chi connectivity index (χ0n) is 40.3. The first-order valence-electron chi connectivity index (χ1n) is 25.8. The second kappa shape index (κ2) is 44.1. The molecular weight excluding hydrogens is 758 g/mol. The van der Waals surface area contributed by atoms with Crippen molar-refractivity contribution >= 4 is 13.8 Å². The maximum absolute atomic E-state index is 12.8. The highest BCUT2D eigenvalue weighted by molar-refractivity contribution is 7.47. The number of ether oxygens (including phenoxy) is 2. The fourth-order valence-electron chi connectivity index (χ4n) is 7.67. The SMILES string of the molecule is CCCCCCCCCCCCCCCCCCCCCC(=O)OC(COCCCCCCCCCCCCCCCCCCCC)COP(=O)(O)OCC[N+](C)(C)C. The van der Waals surface area contributed by atoms with Crippen LogP contribution in [0.5, 0.6) is 0 Å². The molecule has 59 heavy (non-hydrogen) atoms. The Morgan fingerprint density at radius 1 is 0.458 bits per heavy atom. The van der Waals surface area contributed by atoms with Gasteiger partial charge in [0.1, 0.15) is 19.3 Å². The normalized spacial score (nSPS) is 13.5. The van der Waals surface area contributed by atoms with Gasteiger partial charge in [0.05, 0.1) is 34.4 Å². The molecule has 0 saturated carbocycles. The summed E-state index contributed by atoms with van der Waals surface area (Å²) in [6, 6.07) is 0. The van der Waals surface area contributed by atoms with Gasteiger partial charge >= 0.3 is 13.8 Å². The molecule has 2 unspecified atom stereocenters. The number of carbonyl (C=O) groups is 1. The molecule has 0 fully saturated rings. The Bertz CT molecular complexity index is 914. The van der Waals surface area contributed by atoms with Crippen LogP contribution in [0.15, 0.2) is 0 Å². The van der Waals surface area contributed by atoms with Crippen LogP contribution in [-0.2, 0) is 27.9 Å². The number of esters is 1. The van der Waals surface area contributed by atoms with E-state index in [-0.39, 0.29) is 25.8 Å². The molecular formula is C50H103NO7P+. The molecule has 8 nitrogen and oxygen atoms in total. The first-order valence-corrected chi connectivity index (χ1v) is 27.3. The van der Waals surface area contributed by atoms with Gasteiger partial charge in [0, 0.05) is 13.0 Å². The average molecular weight is 861 g/mol. The van der Waals surface area contributed by atoms with Gasteiger partial charge in [-0.3, -0.25) is 13.8 Å². The summed E-state index contributed by atoms with van der Waals surface area (Å²) in [6.45, 7) is 5.71. The highest BCUT2D eigenvalue weighted by atomic mass is 31.2. The number of hydrogen-bond acceptors (Lipinski definition) is 6. The predicted molar refractivity (Wildman–Crippen MR) is 252 cm³/mol. The molecule has 0 aromatic carbocycles. The summed E-state index contributed by atoms with van der Waals surface area (Å²) < 4.78 is 35.2. The lowest BCUT2D eigenvalue weighted by Crippen LogP contribution is -2.37. The van der Waals surface area contributed by atoms with Crippen molar-refractivity contribution in [1.29, 1.82) is 0 Å². The van der Waals surface area contributed by atoms with Crippen LogP contribution < -0.4 is 0 Å². The number of rotatable bonds is 49. The smallest absolute Gasteiger partial charge is 0.457 e. The van der Waals surface area contributed by atoms with E-state index in [2.05, 4.69) is 13.8 Å². The predicted octanol–water partition coefficient (Wildman–Crippen LogP) is 15.6. The number of phosphoric ester groups is 1. The van der Waals surface area contributed by atoms with Crippen molar-refractivity contribution in [3.8, 4) is 0 Å². The molecule has 0 amide bonds. The van der Waals surface area contributed by atoms with Crippen LogP contribution in [0.4, 0.5) is 0 Å². The minimum absolute atomic E-state index is 0.0942.